The second-order valence-electron chi connectivity index (χ2n) is 8.23. The van der Waals surface area contributed by atoms with Gasteiger partial charge in [-0.2, -0.15) is 0 Å². The maximum Gasteiger partial charge on any atom is 0.306 e. The van der Waals surface area contributed by atoms with Crippen LogP contribution in [0.4, 0.5) is 5.69 Å². The summed E-state index contributed by atoms with van der Waals surface area (Å²) in [5.74, 6) is -0.729. The first-order chi connectivity index (χ1) is 18.2. The third kappa shape index (κ3) is 5.73. The Balaban J connectivity index is 1.41. The minimum atomic E-state index is -0.660. The SMILES string of the molecule is Cc1oc2c(NC(=O)c3c(Cl)cccc3Cl)cccc2c1COC(=O)CCC(=C=O)ON1C(=O)CCC1=O. The largest absolute Gasteiger partial charge is 0.461 e. The smallest absolute Gasteiger partial charge is 0.306 e. The van der Waals surface area contributed by atoms with Crippen LogP contribution in [0.5, 0.6) is 0 Å². The van der Waals surface area contributed by atoms with E-state index in [0.717, 1.165) is 0 Å². The number of imide groups is 1. The van der Waals surface area contributed by atoms with Gasteiger partial charge >= 0.3 is 5.97 Å². The number of furan rings is 1. The molecule has 3 aromatic rings. The van der Waals surface area contributed by atoms with Crippen LogP contribution in [0.25, 0.3) is 11.0 Å². The summed E-state index contributed by atoms with van der Waals surface area (Å²) in [5.41, 5.74) is 1.44. The molecule has 1 aliphatic heterocycles. The van der Waals surface area contributed by atoms with Crippen molar-refractivity contribution in [2.45, 2.75) is 39.2 Å². The third-order valence-electron chi connectivity index (χ3n) is 5.71. The van der Waals surface area contributed by atoms with Gasteiger partial charge in [0.05, 0.1) is 27.7 Å². The first-order valence-corrected chi connectivity index (χ1v) is 12.1. The van der Waals surface area contributed by atoms with Crippen LogP contribution < -0.4 is 5.32 Å². The molecule has 12 heteroatoms. The first kappa shape index (κ1) is 26.9. The topological polar surface area (TPSA) is 132 Å². The van der Waals surface area contributed by atoms with Crippen molar-refractivity contribution in [1.29, 1.82) is 0 Å². The number of carbonyl (C=O) groups excluding carboxylic acids is 5. The number of nitrogens with one attached hydrogen (secondary N) is 1. The highest BCUT2D eigenvalue weighted by molar-refractivity contribution is 6.40. The molecule has 1 fully saturated rings. The fourth-order valence-electron chi connectivity index (χ4n) is 3.79. The zero-order valence-electron chi connectivity index (χ0n) is 20.0. The molecule has 0 saturated carbocycles. The van der Waals surface area contributed by atoms with E-state index in [1.807, 2.05) is 0 Å². The number of ether oxygens (including phenoxy) is 1. The fraction of sp³-hybridized carbons (Fsp3) is 0.231. The van der Waals surface area contributed by atoms with Crippen LogP contribution >= 0.6 is 23.2 Å². The number of esters is 1. The summed E-state index contributed by atoms with van der Waals surface area (Å²) in [5, 5.41) is 4.26. The zero-order chi connectivity index (χ0) is 27.4. The molecule has 0 aliphatic carbocycles. The summed E-state index contributed by atoms with van der Waals surface area (Å²) in [6.45, 7) is 1.54. The molecular formula is C26H20Cl2N2O8. The van der Waals surface area contributed by atoms with E-state index < -0.39 is 23.7 Å². The quantitative estimate of drug-likeness (QED) is 0.169. The van der Waals surface area contributed by atoms with E-state index in [1.165, 1.54) is 5.94 Å². The van der Waals surface area contributed by atoms with E-state index in [1.54, 1.807) is 43.3 Å². The van der Waals surface area contributed by atoms with Gasteiger partial charge < -0.3 is 19.3 Å². The number of halogens is 2. The number of hydrogen-bond acceptors (Lipinski definition) is 8. The molecule has 3 amide bonds. The van der Waals surface area contributed by atoms with Gasteiger partial charge in [0.25, 0.3) is 17.7 Å². The lowest BCUT2D eigenvalue weighted by atomic mass is 10.1. The summed E-state index contributed by atoms with van der Waals surface area (Å²) in [6.07, 6.45) is -0.491. The Bertz CT molecular complexity index is 1470. The number of fused-ring (bicyclic) bond motifs is 1. The lowest BCUT2D eigenvalue weighted by Crippen LogP contribution is -2.29. The summed E-state index contributed by atoms with van der Waals surface area (Å²) >= 11 is 12.3. The van der Waals surface area contributed by atoms with Gasteiger partial charge in [-0.05, 0) is 25.1 Å². The maximum atomic E-state index is 12.8. The maximum absolute atomic E-state index is 12.8. The molecular weight excluding hydrogens is 539 g/mol. The molecule has 1 aromatic heterocycles. The molecule has 1 aliphatic rings. The first-order valence-electron chi connectivity index (χ1n) is 11.4. The Labute approximate surface area is 226 Å². The third-order valence-corrected chi connectivity index (χ3v) is 6.34. The number of rotatable bonds is 9. The average molecular weight is 559 g/mol. The van der Waals surface area contributed by atoms with Gasteiger partial charge in [-0.3, -0.25) is 19.2 Å². The monoisotopic (exact) mass is 558 g/mol. The Morgan fingerprint density at radius 2 is 1.71 bits per heavy atom. The summed E-state index contributed by atoms with van der Waals surface area (Å²) < 4.78 is 11.2. The lowest BCUT2D eigenvalue weighted by molar-refractivity contribution is -0.176. The van der Waals surface area contributed by atoms with Crippen molar-refractivity contribution in [1.82, 2.24) is 5.06 Å². The van der Waals surface area contributed by atoms with Crippen molar-refractivity contribution >= 4 is 69.5 Å². The Kier molecular flexibility index (Phi) is 8.16. The molecule has 4 rings (SSSR count). The number of anilines is 1. The van der Waals surface area contributed by atoms with Gasteiger partial charge in [0, 0.05) is 30.2 Å². The second-order valence-corrected chi connectivity index (χ2v) is 9.04. The number of nitrogens with zero attached hydrogens (tertiary/aromatic N) is 1. The van der Waals surface area contributed by atoms with Gasteiger partial charge in [0.1, 0.15) is 12.4 Å². The van der Waals surface area contributed by atoms with Crippen molar-refractivity contribution < 1.29 is 38.0 Å². The van der Waals surface area contributed by atoms with E-state index >= 15 is 0 Å². The van der Waals surface area contributed by atoms with Crippen molar-refractivity contribution in [3.05, 3.63) is 69.1 Å². The Morgan fingerprint density at radius 3 is 2.37 bits per heavy atom. The number of para-hydroxylation sites is 1. The Morgan fingerprint density at radius 1 is 1.05 bits per heavy atom. The lowest BCUT2D eigenvalue weighted by Gasteiger charge is -2.14. The molecule has 196 valence electrons. The number of aryl methyl sites for hydroxylation is 1. The predicted molar refractivity (Wildman–Crippen MR) is 136 cm³/mol. The normalized spacial score (nSPS) is 13.0. The van der Waals surface area contributed by atoms with Gasteiger partial charge in [-0.25, -0.2) is 4.79 Å². The standard InChI is InChI=1S/C26H20Cl2N2O8/c1-14-17(13-36-23(34)11-8-15(12-31)38-30-21(32)9-10-22(30)33)16-4-2-7-20(25(16)37-14)29-26(35)24-18(27)5-3-6-19(24)28/h2-7H,8-11,13H2,1H3,(H,29,35). The van der Waals surface area contributed by atoms with Crippen LogP contribution in [0.15, 0.2) is 46.6 Å². The van der Waals surface area contributed by atoms with Gasteiger partial charge in [0.15, 0.2) is 11.5 Å². The van der Waals surface area contributed by atoms with Crippen LogP contribution in [-0.4, -0.2) is 34.7 Å². The molecule has 0 bridgehead atoms. The highest BCUT2D eigenvalue weighted by atomic mass is 35.5. The molecule has 10 nitrogen and oxygen atoms in total. The number of allylic oxidation sites excluding steroid dienone is 1. The molecule has 0 unspecified atom stereocenters. The van der Waals surface area contributed by atoms with Gasteiger partial charge in [-0.1, -0.05) is 41.4 Å². The van der Waals surface area contributed by atoms with E-state index in [-0.39, 0.29) is 53.7 Å². The van der Waals surface area contributed by atoms with Crippen LogP contribution in [0, 0.1) is 6.92 Å². The average Bonchev–Trinajstić information content (AvgIpc) is 3.38. The number of hydroxylamine groups is 2. The summed E-state index contributed by atoms with van der Waals surface area (Å²) in [4.78, 5) is 64.6. The molecule has 2 aromatic carbocycles. The van der Waals surface area contributed by atoms with Crippen molar-refractivity contribution in [2.24, 2.45) is 0 Å². The highest BCUT2D eigenvalue weighted by Gasteiger charge is 2.32. The number of benzene rings is 2. The van der Waals surface area contributed by atoms with Gasteiger partial charge in [-0.15, -0.1) is 5.06 Å². The van der Waals surface area contributed by atoms with Gasteiger partial charge in [0.2, 0.25) is 5.76 Å². The van der Waals surface area contributed by atoms with Crippen LogP contribution in [0.2, 0.25) is 10.0 Å². The summed E-state index contributed by atoms with van der Waals surface area (Å²) in [6, 6.07) is 9.83. The van der Waals surface area contributed by atoms with Crippen LogP contribution in [0.3, 0.4) is 0 Å². The number of carbonyl (C=O) groups is 4. The van der Waals surface area contributed by atoms with Crippen molar-refractivity contribution in [3.8, 4) is 0 Å². The molecule has 2 heterocycles. The molecule has 38 heavy (non-hydrogen) atoms. The number of amides is 3. The molecule has 0 spiro atoms. The van der Waals surface area contributed by atoms with Crippen LogP contribution in [0.1, 0.15) is 47.4 Å². The molecule has 1 N–H and O–H groups in total. The van der Waals surface area contributed by atoms with E-state index in [0.29, 0.717) is 33.0 Å². The van der Waals surface area contributed by atoms with E-state index in [4.69, 9.17) is 37.2 Å². The van der Waals surface area contributed by atoms with Crippen molar-refractivity contribution in [3.63, 3.8) is 0 Å². The van der Waals surface area contributed by atoms with E-state index in [2.05, 4.69) is 5.32 Å². The Hall–Kier alpha value is -4.11. The van der Waals surface area contributed by atoms with Crippen LogP contribution in [-0.2, 0) is 35.4 Å². The fourth-order valence-corrected chi connectivity index (χ4v) is 4.36. The minimum absolute atomic E-state index is 0.00976. The predicted octanol–water partition coefficient (Wildman–Crippen LogP) is 4.92. The minimum Gasteiger partial charge on any atom is -0.461 e. The molecule has 0 atom stereocenters. The summed E-state index contributed by atoms with van der Waals surface area (Å²) in [7, 11) is 0. The van der Waals surface area contributed by atoms with E-state index in [9.17, 15) is 24.0 Å². The zero-order valence-corrected chi connectivity index (χ0v) is 21.5. The molecule has 1 saturated heterocycles. The number of hydrogen-bond donors (Lipinski definition) is 1. The molecule has 0 radical (unpaired) electrons. The second kappa shape index (κ2) is 11.5. The highest BCUT2D eigenvalue weighted by Crippen LogP contribution is 2.33. The van der Waals surface area contributed by atoms with Crippen molar-refractivity contribution in [2.75, 3.05) is 5.32 Å².